The minimum absolute atomic E-state index is 0.0189. The van der Waals surface area contributed by atoms with Crippen LogP contribution in [0.2, 0.25) is 0 Å². The fraction of sp³-hybridized carbons (Fsp3) is 0.462. The number of amides is 1. The molecule has 1 amide bonds. The van der Waals surface area contributed by atoms with Crippen LogP contribution in [0.5, 0.6) is 0 Å². The fourth-order valence-corrected chi connectivity index (χ4v) is 2.83. The Hall–Kier alpha value is -1.47. The van der Waals surface area contributed by atoms with Gasteiger partial charge in [-0.2, -0.15) is 0 Å². The number of hydrogen-bond donors (Lipinski definition) is 2. The highest BCUT2D eigenvalue weighted by Crippen LogP contribution is 2.34. The van der Waals surface area contributed by atoms with E-state index in [9.17, 15) is 14.9 Å². The maximum absolute atomic E-state index is 12.0. The first kappa shape index (κ1) is 14.9. The molecule has 1 aromatic carbocycles. The molecule has 1 aliphatic carbocycles. The Bertz CT molecular complexity index is 570. The van der Waals surface area contributed by atoms with E-state index in [1.165, 1.54) is 6.07 Å². The molecule has 0 unspecified atom stereocenters. The lowest BCUT2D eigenvalue weighted by Gasteiger charge is -2.37. The number of halogens is 1. The zero-order chi connectivity index (χ0) is 14.9. The summed E-state index contributed by atoms with van der Waals surface area (Å²) in [5.41, 5.74) is 6.52. The summed E-state index contributed by atoms with van der Waals surface area (Å²) in [4.78, 5) is 22.4. The van der Waals surface area contributed by atoms with Crippen LogP contribution in [0, 0.1) is 17.0 Å². The van der Waals surface area contributed by atoms with E-state index < -0.39 is 10.5 Å². The van der Waals surface area contributed by atoms with Gasteiger partial charge in [0, 0.05) is 28.1 Å². The molecule has 0 aromatic heterocycles. The number of nitro benzene ring substituents is 1. The maximum atomic E-state index is 12.0. The number of aryl methyl sites for hydroxylation is 1. The molecule has 1 aromatic rings. The zero-order valence-electron chi connectivity index (χ0n) is 11.1. The Morgan fingerprint density at radius 1 is 1.55 bits per heavy atom. The quantitative estimate of drug-likeness (QED) is 0.649. The van der Waals surface area contributed by atoms with Gasteiger partial charge in [-0.1, -0.05) is 0 Å². The van der Waals surface area contributed by atoms with Crippen molar-refractivity contribution in [2.75, 3.05) is 5.32 Å². The van der Waals surface area contributed by atoms with Crippen LogP contribution >= 0.6 is 15.9 Å². The van der Waals surface area contributed by atoms with Gasteiger partial charge in [0.05, 0.1) is 10.6 Å². The van der Waals surface area contributed by atoms with Gasteiger partial charge in [-0.3, -0.25) is 14.9 Å². The Balaban J connectivity index is 2.14. The van der Waals surface area contributed by atoms with E-state index in [0.29, 0.717) is 15.7 Å². The van der Waals surface area contributed by atoms with Crippen LogP contribution in [0.25, 0.3) is 0 Å². The van der Waals surface area contributed by atoms with Gasteiger partial charge in [0.15, 0.2) is 0 Å². The molecule has 0 heterocycles. The molecule has 3 N–H and O–H groups in total. The van der Waals surface area contributed by atoms with Crippen molar-refractivity contribution in [3.63, 3.8) is 0 Å². The molecule has 0 saturated heterocycles. The molecule has 0 spiro atoms. The number of rotatable bonds is 4. The standard InChI is InChI=1S/C13H16BrN3O3/c1-8-5-9(14)10(6-11(8)17(19)20)16-12(18)7-13(15)3-2-4-13/h5-6H,2-4,7,15H2,1H3,(H,16,18). The number of nitrogens with two attached hydrogens (primary N) is 1. The maximum Gasteiger partial charge on any atom is 0.274 e. The van der Waals surface area contributed by atoms with Gasteiger partial charge in [-0.15, -0.1) is 0 Å². The molecule has 7 heteroatoms. The molecule has 0 bridgehead atoms. The highest BCUT2D eigenvalue weighted by Gasteiger charge is 2.34. The number of anilines is 1. The molecular formula is C13H16BrN3O3. The second kappa shape index (κ2) is 5.49. The highest BCUT2D eigenvalue weighted by molar-refractivity contribution is 9.10. The van der Waals surface area contributed by atoms with Gasteiger partial charge < -0.3 is 11.1 Å². The van der Waals surface area contributed by atoms with Crippen LogP contribution in [0.1, 0.15) is 31.2 Å². The van der Waals surface area contributed by atoms with E-state index in [2.05, 4.69) is 21.2 Å². The van der Waals surface area contributed by atoms with E-state index in [0.717, 1.165) is 19.3 Å². The van der Waals surface area contributed by atoms with Crippen LogP contribution in [0.3, 0.4) is 0 Å². The lowest BCUT2D eigenvalue weighted by Crippen LogP contribution is -2.48. The molecule has 1 aliphatic rings. The van der Waals surface area contributed by atoms with Crippen molar-refractivity contribution >= 4 is 33.2 Å². The first-order valence-electron chi connectivity index (χ1n) is 6.34. The fourth-order valence-electron chi connectivity index (χ4n) is 2.28. The summed E-state index contributed by atoms with van der Waals surface area (Å²) in [5.74, 6) is -0.217. The van der Waals surface area contributed by atoms with Crippen LogP contribution < -0.4 is 11.1 Å². The molecule has 108 valence electrons. The molecule has 20 heavy (non-hydrogen) atoms. The minimum Gasteiger partial charge on any atom is -0.325 e. The van der Waals surface area contributed by atoms with Gasteiger partial charge in [0.1, 0.15) is 0 Å². The third kappa shape index (κ3) is 3.16. The zero-order valence-corrected chi connectivity index (χ0v) is 12.7. The summed E-state index contributed by atoms with van der Waals surface area (Å²) in [6.07, 6.45) is 2.97. The normalized spacial score (nSPS) is 16.4. The van der Waals surface area contributed by atoms with Crippen molar-refractivity contribution in [2.24, 2.45) is 5.73 Å². The lowest BCUT2D eigenvalue weighted by molar-refractivity contribution is -0.385. The molecule has 0 radical (unpaired) electrons. The van der Waals surface area contributed by atoms with E-state index in [1.807, 2.05) is 0 Å². The third-order valence-corrected chi connectivity index (χ3v) is 4.27. The van der Waals surface area contributed by atoms with E-state index in [1.54, 1.807) is 13.0 Å². The molecule has 1 saturated carbocycles. The molecule has 0 aliphatic heterocycles. The summed E-state index contributed by atoms with van der Waals surface area (Å²) in [7, 11) is 0. The third-order valence-electron chi connectivity index (χ3n) is 3.62. The number of nitro groups is 1. The highest BCUT2D eigenvalue weighted by atomic mass is 79.9. The Morgan fingerprint density at radius 2 is 2.20 bits per heavy atom. The van der Waals surface area contributed by atoms with Gasteiger partial charge in [0.25, 0.3) is 5.69 Å². The van der Waals surface area contributed by atoms with Crippen molar-refractivity contribution in [2.45, 2.75) is 38.1 Å². The summed E-state index contributed by atoms with van der Waals surface area (Å²) in [5, 5.41) is 13.6. The number of carbonyl (C=O) groups excluding carboxylic acids is 1. The Kier molecular flexibility index (Phi) is 4.10. The van der Waals surface area contributed by atoms with E-state index in [-0.39, 0.29) is 18.0 Å². The van der Waals surface area contributed by atoms with E-state index in [4.69, 9.17) is 5.73 Å². The predicted octanol–water partition coefficient (Wildman–Crippen LogP) is 2.88. The van der Waals surface area contributed by atoms with Crippen LogP contribution in [-0.2, 0) is 4.79 Å². The van der Waals surface area contributed by atoms with Gasteiger partial charge in [-0.25, -0.2) is 0 Å². The average Bonchev–Trinajstić information content (AvgIpc) is 2.30. The summed E-state index contributed by atoms with van der Waals surface area (Å²) >= 11 is 3.30. The lowest BCUT2D eigenvalue weighted by atomic mass is 9.75. The molecule has 6 nitrogen and oxygen atoms in total. The second-order valence-electron chi connectivity index (χ2n) is 5.32. The summed E-state index contributed by atoms with van der Waals surface area (Å²) in [6.45, 7) is 1.65. The van der Waals surface area contributed by atoms with Crippen molar-refractivity contribution in [3.05, 3.63) is 32.3 Å². The largest absolute Gasteiger partial charge is 0.325 e. The van der Waals surface area contributed by atoms with Crippen LogP contribution in [0.15, 0.2) is 16.6 Å². The molecule has 0 atom stereocenters. The topological polar surface area (TPSA) is 98.3 Å². The number of hydrogen-bond acceptors (Lipinski definition) is 4. The summed E-state index contributed by atoms with van der Waals surface area (Å²) in [6, 6.07) is 2.98. The minimum atomic E-state index is -0.465. The summed E-state index contributed by atoms with van der Waals surface area (Å²) < 4.78 is 0.619. The van der Waals surface area contributed by atoms with Gasteiger partial charge in [-0.05, 0) is 48.2 Å². The number of benzene rings is 1. The number of nitrogens with zero attached hydrogens (tertiary/aromatic N) is 1. The predicted molar refractivity (Wildman–Crippen MR) is 79.5 cm³/mol. The molecular weight excluding hydrogens is 326 g/mol. The van der Waals surface area contributed by atoms with Crippen LogP contribution in [0.4, 0.5) is 11.4 Å². The van der Waals surface area contributed by atoms with Gasteiger partial charge >= 0.3 is 0 Å². The Labute approximate surface area is 125 Å². The van der Waals surface area contributed by atoms with E-state index >= 15 is 0 Å². The monoisotopic (exact) mass is 341 g/mol. The van der Waals surface area contributed by atoms with Gasteiger partial charge in [0.2, 0.25) is 5.91 Å². The van der Waals surface area contributed by atoms with Crippen LogP contribution in [-0.4, -0.2) is 16.4 Å². The molecule has 1 fully saturated rings. The number of carbonyl (C=O) groups is 1. The van der Waals surface area contributed by atoms with Crippen molar-refractivity contribution in [3.8, 4) is 0 Å². The first-order valence-corrected chi connectivity index (χ1v) is 7.13. The SMILES string of the molecule is Cc1cc(Br)c(NC(=O)CC2(N)CCC2)cc1[N+](=O)[O-]. The van der Waals surface area contributed by atoms with Crippen molar-refractivity contribution in [1.29, 1.82) is 0 Å². The molecule has 2 rings (SSSR count). The van der Waals surface area contributed by atoms with Crippen molar-refractivity contribution in [1.82, 2.24) is 0 Å². The van der Waals surface area contributed by atoms with Crippen molar-refractivity contribution < 1.29 is 9.72 Å². The second-order valence-corrected chi connectivity index (χ2v) is 6.17. The Morgan fingerprint density at radius 3 is 2.70 bits per heavy atom. The smallest absolute Gasteiger partial charge is 0.274 e. The average molecular weight is 342 g/mol. The number of nitrogens with one attached hydrogen (secondary N) is 1. The first-order chi connectivity index (χ1) is 9.31.